The summed E-state index contributed by atoms with van der Waals surface area (Å²) in [6, 6.07) is 20.7. The van der Waals surface area contributed by atoms with Crippen molar-refractivity contribution in [1.82, 2.24) is 0 Å². The molecule has 3 rings (SSSR count). The maximum absolute atomic E-state index is 11.9. The molecule has 23 heavy (non-hydrogen) atoms. The molecule has 2 nitrogen and oxygen atoms in total. The Bertz CT molecular complexity index is 661. The molecule has 0 radical (unpaired) electrons. The summed E-state index contributed by atoms with van der Waals surface area (Å²) in [5, 5.41) is 0. The highest BCUT2D eigenvalue weighted by molar-refractivity contribution is 5.90. The number of rotatable bonds is 6. The van der Waals surface area contributed by atoms with Crippen molar-refractivity contribution in [2.45, 2.75) is 31.8 Å². The molecule has 1 saturated heterocycles. The van der Waals surface area contributed by atoms with Crippen LogP contribution in [0.25, 0.3) is 0 Å². The van der Waals surface area contributed by atoms with E-state index in [4.69, 9.17) is 4.74 Å². The van der Waals surface area contributed by atoms with Gasteiger partial charge >= 0.3 is 5.97 Å². The number of carbonyl (C=O) groups excluding carboxylic acids is 1. The summed E-state index contributed by atoms with van der Waals surface area (Å²) < 4.78 is 5.56. The highest BCUT2D eigenvalue weighted by Gasteiger charge is 2.37. The molecule has 2 aromatic carbocycles. The van der Waals surface area contributed by atoms with Crippen LogP contribution in [0, 0.1) is 5.92 Å². The molecule has 0 amide bonds. The van der Waals surface area contributed by atoms with Crippen molar-refractivity contribution >= 4 is 5.97 Å². The Labute approximate surface area is 137 Å². The first-order chi connectivity index (χ1) is 11.2. The molecule has 2 heteroatoms. The molecular weight excluding hydrogens is 284 g/mol. The molecule has 2 atom stereocenters. The molecule has 1 fully saturated rings. The fourth-order valence-corrected chi connectivity index (χ4v) is 3.21. The van der Waals surface area contributed by atoms with E-state index in [1.54, 1.807) is 0 Å². The first-order valence-electron chi connectivity index (χ1n) is 8.21. The lowest BCUT2D eigenvalue weighted by molar-refractivity contribution is -0.139. The third-order valence-corrected chi connectivity index (χ3v) is 4.56. The Kier molecular flexibility index (Phi) is 4.92. The van der Waals surface area contributed by atoms with Gasteiger partial charge in [0, 0.05) is 11.5 Å². The molecule has 0 spiro atoms. The van der Waals surface area contributed by atoms with Gasteiger partial charge in [-0.05, 0) is 36.8 Å². The third kappa shape index (κ3) is 3.89. The van der Waals surface area contributed by atoms with Crippen LogP contribution in [0.1, 0.15) is 24.0 Å². The van der Waals surface area contributed by atoms with Crippen LogP contribution in [0.4, 0.5) is 0 Å². The van der Waals surface area contributed by atoms with E-state index in [2.05, 4.69) is 30.8 Å². The lowest BCUT2D eigenvalue weighted by atomic mass is 9.88. The van der Waals surface area contributed by atoms with E-state index < -0.39 is 0 Å². The Morgan fingerprint density at radius 3 is 1.91 bits per heavy atom. The predicted octanol–water partition coefficient (Wildman–Crippen LogP) is 4.35. The quantitative estimate of drug-likeness (QED) is 0.586. The maximum atomic E-state index is 11.9. The van der Waals surface area contributed by atoms with Crippen LogP contribution in [-0.2, 0) is 22.4 Å². The van der Waals surface area contributed by atoms with Crippen molar-refractivity contribution < 1.29 is 9.53 Å². The van der Waals surface area contributed by atoms with Crippen molar-refractivity contribution in [1.29, 1.82) is 0 Å². The summed E-state index contributed by atoms with van der Waals surface area (Å²) in [6.45, 7) is 3.96. The highest BCUT2D eigenvalue weighted by Crippen LogP contribution is 2.33. The Morgan fingerprint density at radius 1 is 0.826 bits per heavy atom. The summed E-state index contributed by atoms with van der Waals surface area (Å²) in [7, 11) is 0. The number of ether oxygens (including phenoxy) is 1. The minimum Gasteiger partial charge on any atom is -0.458 e. The van der Waals surface area contributed by atoms with Crippen LogP contribution in [0.15, 0.2) is 72.8 Å². The number of esters is 1. The van der Waals surface area contributed by atoms with E-state index in [-0.39, 0.29) is 18.0 Å². The van der Waals surface area contributed by atoms with Gasteiger partial charge in [-0.15, -0.1) is 0 Å². The van der Waals surface area contributed by atoms with Crippen LogP contribution in [0.3, 0.4) is 0 Å². The molecule has 2 aromatic rings. The van der Waals surface area contributed by atoms with Crippen LogP contribution in [-0.4, -0.2) is 12.1 Å². The number of benzene rings is 2. The first kappa shape index (κ1) is 15.5. The molecule has 0 aromatic heterocycles. The molecule has 0 saturated carbocycles. The standard InChI is InChI=1S/C21H22O2/c1-16-19(14-12-17-8-4-2-5-9-17)20(23-21(16)22)15-13-18-10-6-3-7-11-18/h2-11,19-20H,1,12-15H2/t19-,20-/m0/s1. The normalized spacial score (nSPS) is 20.5. The number of cyclic esters (lactones) is 1. The lowest BCUT2D eigenvalue weighted by Crippen LogP contribution is -2.18. The Balaban J connectivity index is 1.61. The van der Waals surface area contributed by atoms with Gasteiger partial charge < -0.3 is 4.74 Å². The van der Waals surface area contributed by atoms with Gasteiger partial charge in [0.15, 0.2) is 0 Å². The van der Waals surface area contributed by atoms with Crippen molar-refractivity contribution in [3.05, 3.63) is 83.9 Å². The molecule has 1 aliphatic heterocycles. The summed E-state index contributed by atoms with van der Waals surface area (Å²) in [5.41, 5.74) is 3.21. The lowest BCUT2D eigenvalue weighted by Gasteiger charge is -2.17. The Hall–Kier alpha value is -2.35. The van der Waals surface area contributed by atoms with Crippen LogP contribution < -0.4 is 0 Å². The zero-order chi connectivity index (χ0) is 16.1. The number of hydrogen-bond donors (Lipinski definition) is 0. The topological polar surface area (TPSA) is 26.3 Å². The number of carbonyl (C=O) groups is 1. The fraction of sp³-hybridized carbons (Fsp3) is 0.286. The Morgan fingerprint density at radius 2 is 1.35 bits per heavy atom. The summed E-state index contributed by atoms with van der Waals surface area (Å²) >= 11 is 0. The second kappa shape index (κ2) is 7.28. The van der Waals surface area contributed by atoms with Crippen molar-refractivity contribution in [2.24, 2.45) is 5.92 Å². The van der Waals surface area contributed by atoms with E-state index in [0.717, 1.165) is 25.7 Å². The van der Waals surface area contributed by atoms with E-state index >= 15 is 0 Å². The molecular formula is C21H22O2. The minimum atomic E-state index is -0.221. The van der Waals surface area contributed by atoms with Gasteiger partial charge in [0.1, 0.15) is 6.10 Å². The molecule has 0 unspecified atom stereocenters. The highest BCUT2D eigenvalue weighted by atomic mass is 16.6. The van der Waals surface area contributed by atoms with E-state index in [9.17, 15) is 4.79 Å². The van der Waals surface area contributed by atoms with Gasteiger partial charge in [-0.2, -0.15) is 0 Å². The predicted molar refractivity (Wildman–Crippen MR) is 92.0 cm³/mol. The van der Waals surface area contributed by atoms with Gasteiger partial charge in [0.2, 0.25) is 0 Å². The van der Waals surface area contributed by atoms with Crippen LogP contribution in [0.5, 0.6) is 0 Å². The second-order valence-electron chi connectivity index (χ2n) is 6.12. The molecule has 118 valence electrons. The van der Waals surface area contributed by atoms with E-state index in [1.807, 2.05) is 36.4 Å². The minimum absolute atomic E-state index is 0.0427. The van der Waals surface area contributed by atoms with Crippen molar-refractivity contribution in [3.8, 4) is 0 Å². The average molecular weight is 306 g/mol. The third-order valence-electron chi connectivity index (χ3n) is 4.56. The SMILES string of the molecule is C=C1C(=O)O[C@@H](CCc2ccccc2)[C@H]1CCc1ccccc1. The van der Waals surface area contributed by atoms with Gasteiger partial charge in [-0.25, -0.2) is 4.79 Å². The summed E-state index contributed by atoms with van der Waals surface area (Å²) in [6.07, 6.45) is 3.60. The zero-order valence-corrected chi connectivity index (χ0v) is 13.3. The maximum Gasteiger partial charge on any atom is 0.334 e. The zero-order valence-electron chi connectivity index (χ0n) is 13.3. The van der Waals surface area contributed by atoms with Crippen LogP contribution in [0.2, 0.25) is 0 Å². The van der Waals surface area contributed by atoms with Gasteiger partial charge in [-0.1, -0.05) is 67.2 Å². The summed E-state index contributed by atoms with van der Waals surface area (Å²) in [5.74, 6) is -0.0902. The molecule has 1 aliphatic rings. The first-order valence-corrected chi connectivity index (χ1v) is 8.21. The molecule has 0 bridgehead atoms. The van der Waals surface area contributed by atoms with Crippen molar-refractivity contribution in [3.63, 3.8) is 0 Å². The van der Waals surface area contributed by atoms with Gasteiger partial charge in [0.25, 0.3) is 0 Å². The monoisotopic (exact) mass is 306 g/mol. The molecule has 1 heterocycles. The van der Waals surface area contributed by atoms with Crippen molar-refractivity contribution in [2.75, 3.05) is 0 Å². The second-order valence-corrected chi connectivity index (χ2v) is 6.12. The fourth-order valence-electron chi connectivity index (χ4n) is 3.21. The van der Waals surface area contributed by atoms with Crippen LogP contribution >= 0.6 is 0 Å². The average Bonchev–Trinajstić information content (AvgIpc) is 2.87. The van der Waals surface area contributed by atoms with E-state index in [1.165, 1.54) is 11.1 Å². The largest absolute Gasteiger partial charge is 0.458 e. The van der Waals surface area contributed by atoms with Gasteiger partial charge in [-0.3, -0.25) is 0 Å². The molecule has 0 N–H and O–H groups in total. The smallest absolute Gasteiger partial charge is 0.334 e. The van der Waals surface area contributed by atoms with Gasteiger partial charge in [0.05, 0.1) is 0 Å². The molecule has 0 aliphatic carbocycles. The number of hydrogen-bond acceptors (Lipinski definition) is 2. The van der Waals surface area contributed by atoms with E-state index in [0.29, 0.717) is 5.57 Å². The summed E-state index contributed by atoms with van der Waals surface area (Å²) in [4.78, 5) is 11.9. The number of aryl methyl sites for hydroxylation is 2.